The minimum atomic E-state index is -0.122. The largest absolute Gasteiger partial charge is 0.454 e. The third kappa shape index (κ3) is 2.76. The Morgan fingerprint density at radius 3 is 2.83 bits per heavy atom. The average Bonchev–Trinajstić information content (AvgIpc) is 3.26. The van der Waals surface area contributed by atoms with Crippen LogP contribution in [0.3, 0.4) is 0 Å². The lowest BCUT2D eigenvalue weighted by Gasteiger charge is -2.01. The lowest BCUT2D eigenvalue weighted by atomic mass is 10.1. The van der Waals surface area contributed by atoms with Crippen LogP contribution in [0.4, 0.5) is 5.13 Å². The molecule has 3 heterocycles. The Balaban J connectivity index is 1.55. The zero-order chi connectivity index (χ0) is 16.7. The molecule has 0 radical (unpaired) electrons. The Bertz CT molecular complexity index is 930. The molecule has 24 heavy (non-hydrogen) atoms. The maximum absolute atomic E-state index is 12.4. The van der Waals surface area contributed by atoms with E-state index in [1.807, 2.05) is 43.5 Å². The molecule has 3 aromatic rings. The van der Waals surface area contributed by atoms with E-state index >= 15 is 0 Å². The van der Waals surface area contributed by atoms with Gasteiger partial charge in [0.2, 0.25) is 6.79 Å². The van der Waals surface area contributed by atoms with E-state index in [0.29, 0.717) is 10.7 Å². The van der Waals surface area contributed by atoms with Gasteiger partial charge in [-0.3, -0.25) is 10.1 Å². The van der Waals surface area contributed by atoms with Crippen LogP contribution in [0.15, 0.2) is 29.6 Å². The zero-order valence-electron chi connectivity index (χ0n) is 13.1. The van der Waals surface area contributed by atoms with Gasteiger partial charge >= 0.3 is 0 Å². The van der Waals surface area contributed by atoms with Crippen LogP contribution in [0, 0.1) is 13.8 Å². The van der Waals surface area contributed by atoms with E-state index in [0.717, 1.165) is 32.5 Å². The number of benzene rings is 1. The first-order valence-electron chi connectivity index (χ1n) is 7.34. The van der Waals surface area contributed by atoms with Crippen LogP contribution < -0.4 is 14.8 Å². The highest BCUT2D eigenvalue weighted by atomic mass is 32.1. The molecule has 0 saturated carbocycles. The summed E-state index contributed by atoms with van der Waals surface area (Å²) < 4.78 is 10.7. The number of thiophene rings is 1. The van der Waals surface area contributed by atoms with Gasteiger partial charge in [0.05, 0.1) is 11.3 Å². The number of anilines is 1. The summed E-state index contributed by atoms with van der Waals surface area (Å²) in [5, 5.41) is 5.37. The van der Waals surface area contributed by atoms with E-state index in [1.165, 1.54) is 11.3 Å². The fraction of sp³-hybridized carbons (Fsp3) is 0.176. The first-order valence-corrected chi connectivity index (χ1v) is 9.04. The molecule has 122 valence electrons. The molecular weight excluding hydrogens is 344 g/mol. The maximum atomic E-state index is 12.4. The third-order valence-corrected chi connectivity index (χ3v) is 5.40. The second-order valence-corrected chi connectivity index (χ2v) is 7.71. The molecule has 0 saturated heterocycles. The highest BCUT2D eigenvalue weighted by Gasteiger charge is 2.17. The number of hydrogen-bond donors (Lipinski definition) is 1. The molecule has 4 rings (SSSR count). The van der Waals surface area contributed by atoms with Crippen LogP contribution in [0.25, 0.3) is 11.3 Å². The smallest absolute Gasteiger partial charge is 0.258 e. The Kier molecular flexibility index (Phi) is 3.74. The summed E-state index contributed by atoms with van der Waals surface area (Å²) in [6, 6.07) is 7.60. The molecule has 1 amide bonds. The highest BCUT2D eigenvalue weighted by Crippen LogP contribution is 2.36. The molecule has 1 aliphatic rings. The van der Waals surface area contributed by atoms with Crippen LogP contribution in [0.2, 0.25) is 0 Å². The number of rotatable bonds is 3. The third-order valence-electron chi connectivity index (χ3n) is 3.68. The van der Waals surface area contributed by atoms with Crippen molar-refractivity contribution in [3.8, 4) is 22.8 Å². The van der Waals surface area contributed by atoms with Gasteiger partial charge in [0, 0.05) is 20.7 Å². The van der Waals surface area contributed by atoms with Crippen LogP contribution in [-0.2, 0) is 0 Å². The second-order valence-electron chi connectivity index (χ2n) is 5.39. The summed E-state index contributed by atoms with van der Waals surface area (Å²) in [5.41, 5.74) is 2.43. The Morgan fingerprint density at radius 2 is 2.04 bits per heavy atom. The number of aromatic nitrogens is 1. The van der Waals surface area contributed by atoms with E-state index in [1.54, 1.807) is 11.3 Å². The van der Waals surface area contributed by atoms with Gasteiger partial charge in [-0.2, -0.15) is 0 Å². The van der Waals surface area contributed by atoms with Crippen molar-refractivity contribution in [2.45, 2.75) is 13.8 Å². The van der Waals surface area contributed by atoms with Gasteiger partial charge in [0.15, 0.2) is 16.6 Å². The number of hydrogen-bond acceptors (Lipinski definition) is 6. The fourth-order valence-electron chi connectivity index (χ4n) is 2.54. The lowest BCUT2D eigenvalue weighted by molar-refractivity contribution is 0.102. The summed E-state index contributed by atoms with van der Waals surface area (Å²) in [6.45, 7) is 4.19. The van der Waals surface area contributed by atoms with E-state index in [4.69, 9.17) is 9.47 Å². The SMILES string of the molecule is Cc1cc(C(=O)Nc2nc(-c3ccc4c(c3)OCO4)cs2)c(C)s1. The Hall–Kier alpha value is -2.38. The normalized spacial score (nSPS) is 12.4. The van der Waals surface area contributed by atoms with Gasteiger partial charge < -0.3 is 9.47 Å². The molecule has 7 heteroatoms. The number of thiazole rings is 1. The fourth-order valence-corrected chi connectivity index (χ4v) is 4.18. The number of nitrogens with zero attached hydrogens (tertiary/aromatic N) is 1. The first-order chi connectivity index (χ1) is 11.6. The topological polar surface area (TPSA) is 60.5 Å². The van der Waals surface area contributed by atoms with Gasteiger partial charge in [0.25, 0.3) is 5.91 Å². The van der Waals surface area contributed by atoms with E-state index in [9.17, 15) is 4.79 Å². The summed E-state index contributed by atoms with van der Waals surface area (Å²) in [5.74, 6) is 1.34. The number of nitrogens with one attached hydrogen (secondary N) is 1. The van der Waals surface area contributed by atoms with Crippen molar-refractivity contribution in [1.29, 1.82) is 0 Å². The van der Waals surface area contributed by atoms with E-state index < -0.39 is 0 Å². The maximum Gasteiger partial charge on any atom is 0.258 e. The van der Waals surface area contributed by atoms with Crippen molar-refractivity contribution in [2.24, 2.45) is 0 Å². The lowest BCUT2D eigenvalue weighted by Crippen LogP contribution is -2.11. The molecule has 1 aromatic carbocycles. The van der Waals surface area contributed by atoms with Gasteiger partial charge in [0.1, 0.15) is 0 Å². The Morgan fingerprint density at radius 1 is 1.21 bits per heavy atom. The standard InChI is InChI=1S/C17H14N2O3S2/c1-9-5-12(10(2)24-9)16(20)19-17-18-13(7-23-17)11-3-4-14-15(6-11)22-8-21-14/h3-7H,8H2,1-2H3,(H,18,19,20). The number of fused-ring (bicyclic) bond motifs is 1. The van der Waals surface area contributed by atoms with Crippen molar-refractivity contribution in [2.75, 3.05) is 12.1 Å². The molecule has 2 aromatic heterocycles. The number of ether oxygens (including phenoxy) is 2. The second kappa shape index (κ2) is 5.92. The molecular formula is C17H14N2O3S2. The minimum Gasteiger partial charge on any atom is -0.454 e. The molecule has 0 spiro atoms. The molecule has 0 aliphatic carbocycles. The van der Waals surface area contributed by atoms with Gasteiger partial charge in [-0.25, -0.2) is 4.98 Å². The molecule has 0 fully saturated rings. The number of carbonyl (C=O) groups excluding carboxylic acids is 1. The highest BCUT2D eigenvalue weighted by molar-refractivity contribution is 7.14. The predicted octanol–water partition coefficient (Wildman–Crippen LogP) is 4.47. The first kappa shape index (κ1) is 15.2. The van der Waals surface area contributed by atoms with Gasteiger partial charge in [-0.15, -0.1) is 22.7 Å². The van der Waals surface area contributed by atoms with Gasteiger partial charge in [-0.05, 0) is 38.1 Å². The van der Waals surface area contributed by atoms with E-state index in [2.05, 4.69) is 10.3 Å². The molecule has 0 bridgehead atoms. The zero-order valence-corrected chi connectivity index (χ0v) is 14.7. The van der Waals surface area contributed by atoms with Crippen LogP contribution in [-0.4, -0.2) is 17.7 Å². The number of aryl methyl sites for hydroxylation is 2. The quantitative estimate of drug-likeness (QED) is 0.750. The number of carbonyl (C=O) groups is 1. The van der Waals surface area contributed by atoms with Crippen molar-refractivity contribution >= 4 is 33.7 Å². The van der Waals surface area contributed by atoms with Gasteiger partial charge in [-0.1, -0.05) is 0 Å². The van der Waals surface area contributed by atoms with Crippen LogP contribution in [0.1, 0.15) is 20.1 Å². The van der Waals surface area contributed by atoms with Crippen molar-refractivity contribution in [3.63, 3.8) is 0 Å². The van der Waals surface area contributed by atoms with Crippen LogP contribution >= 0.6 is 22.7 Å². The van der Waals surface area contributed by atoms with Crippen molar-refractivity contribution in [3.05, 3.63) is 45.0 Å². The van der Waals surface area contributed by atoms with Crippen molar-refractivity contribution in [1.82, 2.24) is 4.98 Å². The van der Waals surface area contributed by atoms with Crippen molar-refractivity contribution < 1.29 is 14.3 Å². The summed E-state index contributed by atoms with van der Waals surface area (Å²) in [4.78, 5) is 19.0. The molecule has 1 aliphatic heterocycles. The summed E-state index contributed by atoms with van der Waals surface area (Å²) in [6.07, 6.45) is 0. The monoisotopic (exact) mass is 358 g/mol. The Labute approximate surface area is 146 Å². The minimum absolute atomic E-state index is 0.122. The predicted molar refractivity (Wildman–Crippen MR) is 95.4 cm³/mol. The van der Waals surface area contributed by atoms with Crippen LogP contribution in [0.5, 0.6) is 11.5 Å². The summed E-state index contributed by atoms with van der Waals surface area (Å²) in [7, 11) is 0. The molecule has 1 N–H and O–H groups in total. The molecule has 5 nitrogen and oxygen atoms in total. The van der Waals surface area contributed by atoms with E-state index in [-0.39, 0.29) is 12.7 Å². The molecule has 0 atom stereocenters. The molecule has 0 unspecified atom stereocenters. The average molecular weight is 358 g/mol. The summed E-state index contributed by atoms with van der Waals surface area (Å²) >= 11 is 3.02. The number of amides is 1.